The van der Waals surface area contributed by atoms with E-state index in [9.17, 15) is 20.3 Å². The number of phenolic OH excluding ortho intramolecular Hbond substituents is 2. The van der Waals surface area contributed by atoms with Crippen LogP contribution in [0.5, 0.6) is 11.5 Å². The minimum absolute atomic E-state index is 0.108. The fourth-order valence-electron chi connectivity index (χ4n) is 3.03. The standard InChI is InChI=1S/C16H16N2O4/c19-14-8-12-11(15(16(14)20)18(21)22)6-7-17-9-13(12)10-4-2-1-3-5-10/h1-5,8,13,17,19-20H,6-7,9H2/t13-/m1/s1. The van der Waals surface area contributed by atoms with Gasteiger partial charge in [0.15, 0.2) is 5.75 Å². The first kappa shape index (κ1) is 14.3. The molecule has 22 heavy (non-hydrogen) atoms. The molecule has 0 amide bonds. The molecule has 1 aliphatic heterocycles. The molecule has 3 rings (SSSR count). The summed E-state index contributed by atoms with van der Waals surface area (Å²) >= 11 is 0. The monoisotopic (exact) mass is 300 g/mol. The number of hydrogen-bond donors (Lipinski definition) is 3. The van der Waals surface area contributed by atoms with Crippen LogP contribution in [-0.4, -0.2) is 28.2 Å². The van der Waals surface area contributed by atoms with E-state index in [1.807, 2.05) is 30.3 Å². The van der Waals surface area contributed by atoms with Crippen molar-refractivity contribution in [2.24, 2.45) is 0 Å². The van der Waals surface area contributed by atoms with Crippen molar-refractivity contribution in [1.82, 2.24) is 5.32 Å². The van der Waals surface area contributed by atoms with Gasteiger partial charge in [-0.3, -0.25) is 10.1 Å². The number of hydrogen-bond acceptors (Lipinski definition) is 5. The van der Waals surface area contributed by atoms with Gasteiger partial charge < -0.3 is 15.5 Å². The summed E-state index contributed by atoms with van der Waals surface area (Å²) in [4.78, 5) is 10.7. The summed E-state index contributed by atoms with van der Waals surface area (Å²) < 4.78 is 0. The van der Waals surface area contributed by atoms with Gasteiger partial charge in [0.1, 0.15) is 0 Å². The summed E-state index contributed by atoms with van der Waals surface area (Å²) in [6, 6.07) is 11.1. The Bertz CT molecular complexity index is 716. The molecule has 6 heteroatoms. The molecule has 2 aromatic rings. The Balaban J connectivity index is 2.23. The highest BCUT2D eigenvalue weighted by Crippen LogP contribution is 2.44. The summed E-state index contributed by atoms with van der Waals surface area (Å²) in [6.45, 7) is 1.21. The van der Waals surface area contributed by atoms with Crippen LogP contribution in [0.3, 0.4) is 0 Å². The highest BCUT2D eigenvalue weighted by Gasteiger charge is 2.31. The number of fused-ring (bicyclic) bond motifs is 1. The maximum atomic E-state index is 11.3. The van der Waals surface area contributed by atoms with Gasteiger partial charge in [-0.1, -0.05) is 30.3 Å². The molecule has 6 nitrogen and oxygen atoms in total. The topological polar surface area (TPSA) is 95.6 Å². The summed E-state index contributed by atoms with van der Waals surface area (Å²) in [6.07, 6.45) is 0.433. The molecule has 1 heterocycles. The lowest BCUT2D eigenvalue weighted by Crippen LogP contribution is -2.20. The summed E-state index contributed by atoms with van der Waals surface area (Å²) in [5.41, 5.74) is 1.80. The lowest BCUT2D eigenvalue weighted by atomic mass is 9.87. The second kappa shape index (κ2) is 5.65. The Kier molecular flexibility index (Phi) is 3.68. The average molecular weight is 300 g/mol. The van der Waals surface area contributed by atoms with Gasteiger partial charge in [-0.05, 0) is 30.2 Å². The number of nitro groups is 1. The van der Waals surface area contributed by atoms with Crippen LogP contribution in [0.2, 0.25) is 0 Å². The van der Waals surface area contributed by atoms with Crippen LogP contribution in [0, 0.1) is 10.1 Å². The third kappa shape index (κ3) is 2.37. The first-order valence-corrected chi connectivity index (χ1v) is 7.07. The molecule has 0 fully saturated rings. The van der Waals surface area contributed by atoms with Gasteiger partial charge in [-0.15, -0.1) is 0 Å². The van der Waals surface area contributed by atoms with Crippen molar-refractivity contribution in [1.29, 1.82) is 0 Å². The first-order valence-electron chi connectivity index (χ1n) is 7.07. The maximum Gasteiger partial charge on any atom is 0.318 e. The molecule has 2 aromatic carbocycles. The molecule has 1 atom stereocenters. The molecule has 0 unspecified atom stereocenters. The summed E-state index contributed by atoms with van der Waals surface area (Å²) in [7, 11) is 0. The molecule has 0 saturated carbocycles. The molecule has 0 aromatic heterocycles. The highest BCUT2D eigenvalue weighted by molar-refractivity contribution is 5.64. The summed E-state index contributed by atoms with van der Waals surface area (Å²) in [5, 5.41) is 34.3. The molecule has 0 radical (unpaired) electrons. The number of benzene rings is 2. The second-order valence-electron chi connectivity index (χ2n) is 5.34. The SMILES string of the molecule is O=[N+]([O-])c1c(O)c(O)cc2c1CCNC[C@@H]2c1ccccc1. The maximum absolute atomic E-state index is 11.3. The van der Waals surface area contributed by atoms with E-state index in [2.05, 4.69) is 5.32 Å². The van der Waals surface area contributed by atoms with Gasteiger partial charge in [-0.25, -0.2) is 0 Å². The van der Waals surface area contributed by atoms with Crippen LogP contribution in [-0.2, 0) is 6.42 Å². The van der Waals surface area contributed by atoms with Crippen LogP contribution in [0.4, 0.5) is 5.69 Å². The molecule has 3 N–H and O–H groups in total. The molecule has 1 aliphatic rings. The minimum atomic E-state index is -0.655. The minimum Gasteiger partial charge on any atom is -0.504 e. The van der Waals surface area contributed by atoms with Gasteiger partial charge in [-0.2, -0.15) is 0 Å². The van der Waals surface area contributed by atoms with E-state index in [0.29, 0.717) is 30.6 Å². The Morgan fingerprint density at radius 1 is 1.23 bits per heavy atom. The van der Waals surface area contributed by atoms with Gasteiger partial charge in [0.2, 0.25) is 5.75 Å². The van der Waals surface area contributed by atoms with Crippen molar-refractivity contribution >= 4 is 5.69 Å². The van der Waals surface area contributed by atoms with Crippen molar-refractivity contribution in [3.8, 4) is 11.5 Å². The van der Waals surface area contributed by atoms with E-state index in [0.717, 1.165) is 5.56 Å². The lowest BCUT2D eigenvalue weighted by molar-refractivity contribution is -0.386. The highest BCUT2D eigenvalue weighted by atomic mass is 16.6. The van der Waals surface area contributed by atoms with E-state index < -0.39 is 16.4 Å². The van der Waals surface area contributed by atoms with Crippen molar-refractivity contribution < 1.29 is 15.1 Å². The first-order chi connectivity index (χ1) is 10.6. The van der Waals surface area contributed by atoms with Gasteiger partial charge in [0.05, 0.1) is 4.92 Å². The number of phenols is 2. The Morgan fingerprint density at radius 3 is 2.64 bits per heavy atom. The second-order valence-corrected chi connectivity index (χ2v) is 5.34. The molecule has 0 spiro atoms. The van der Waals surface area contributed by atoms with Crippen LogP contribution >= 0.6 is 0 Å². The fourth-order valence-corrected chi connectivity index (χ4v) is 3.03. The van der Waals surface area contributed by atoms with Crippen LogP contribution in [0.25, 0.3) is 0 Å². The van der Waals surface area contributed by atoms with Gasteiger partial charge >= 0.3 is 5.69 Å². The zero-order valence-corrected chi connectivity index (χ0v) is 11.8. The van der Waals surface area contributed by atoms with Crippen molar-refractivity contribution in [2.45, 2.75) is 12.3 Å². The van der Waals surface area contributed by atoms with Crippen LogP contribution in [0.1, 0.15) is 22.6 Å². The van der Waals surface area contributed by atoms with Crippen molar-refractivity contribution in [3.63, 3.8) is 0 Å². The smallest absolute Gasteiger partial charge is 0.318 e. The van der Waals surface area contributed by atoms with Gasteiger partial charge in [0.25, 0.3) is 0 Å². The van der Waals surface area contributed by atoms with Gasteiger partial charge in [0, 0.05) is 18.0 Å². The predicted molar refractivity (Wildman–Crippen MR) is 81.3 cm³/mol. The van der Waals surface area contributed by atoms with E-state index in [4.69, 9.17) is 0 Å². The molecule has 114 valence electrons. The Hall–Kier alpha value is -2.60. The summed E-state index contributed by atoms with van der Waals surface area (Å²) in [5.74, 6) is -1.21. The number of rotatable bonds is 2. The number of nitrogens with one attached hydrogen (secondary N) is 1. The molecular formula is C16H16N2O4. The van der Waals surface area contributed by atoms with Crippen molar-refractivity contribution in [2.75, 3.05) is 13.1 Å². The fraction of sp³-hybridized carbons (Fsp3) is 0.250. The molecular weight excluding hydrogens is 284 g/mol. The number of nitrogens with zero attached hydrogens (tertiary/aromatic N) is 1. The zero-order valence-electron chi connectivity index (χ0n) is 11.8. The van der Waals surface area contributed by atoms with Crippen molar-refractivity contribution in [3.05, 3.63) is 63.2 Å². The molecule has 0 aliphatic carbocycles. The van der Waals surface area contributed by atoms with Crippen LogP contribution in [0.15, 0.2) is 36.4 Å². The quantitative estimate of drug-likeness (QED) is 0.449. The third-order valence-corrected chi connectivity index (χ3v) is 4.05. The van der Waals surface area contributed by atoms with Crippen LogP contribution < -0.4 is 5.32 Å². The molecule has 0 saturated heterocycles. The lowest BCUT2D eigenvalue weighted by Gasteiger charge is -2.19. The largest absolute Gasteiger partial charge is 0.504 e. The van der Waals surface area contributed by atoms with E-state index in [1.54, 1.807) is 0 Å². The third-order valence-electron chi connectivity index (χ3n) is 4.05. The van der Waals surface area contributed by atoms with E-state index in [-0.39, 0.29) is 11.6 Å². The number of aromatic hydroxyl groups is 2. The Morgan fingerprint density at radius 2 is 1.95 bits per heavy atom. The van der Waals surface area contributed by atoms with E-state index >= 15 is 0 Å². The molecule has 0 bridgehead atoms. The number of nitro benzene ring substituents is 1. The predicted octanol–water partition coefficient (Wildman–Crippen LogP) is 2.28. The normalized spacial score (nSPS) is 17.5. The average Bonchev–Trinajstić information content (AvgIpc) is 2.71. The Labute approximate surface area is 127 Å². The zero-order chi connectivity index (χ0) is 15.7. The van der Waals surface area contributed by atoms with E-state index in [1.165, 1.54) is 6.07 Å².